The van der Waals surface area contributed by atoms with Crippen LogP contribution in [0, 0.1) is 18.8 Å². The predicted octanol–water partition coefficient (Wildman–Crippen LogP) is 3.34. The van der Waals surface area contributed by atoms with Crippen molar-refractivity contribution in [1.29, 1.82) is 0 Å². The van der Waals surface area contributed by atoms with Crippen molar-refractivity contribution in [1.82, 2.24) is 0 Å². The first-order valence-electron chi connectivity index (χ1n) is 7.39. The zero-order chi connectivity index (χ0) is 16.0. The molecule has 0 fully saturated rings. The topological polar surface area (TPSA) is 55.8 Å². The lowest BCUT2D eigenvalue weighted by Gasteiger charge is -2.20. The molecule has 1 aromatic rings. The molecule has 0 saturated carbocycles. The van der Waals surface area contributed by atoms with Crippen LogP contribution in [-0.4, -0.2) is 24.3 Å². The number of aliphatic hydroxyl groups is 1. The van der Waals surface area contributed by atoms with Crippen LogP contribution in [-0.2, 0) is 4.79 Å². The first-order valence-corrected chi connectivity index (χ1v) is 7.39. The lowest BCUT2D eigenvalue weighted by molar-refractivity contribution is -0.141. The number of aryl methyl sites for hydroxylation is 1. The van der Waals surface area contributed by atoms with Crippen LogP contribution in [0.25, 0.3) is 0 Å². The molecule has 1 rings (SSSR count). The Bertz CT molecular complexity index is 466. The summed E-state index contributed by atoms with van der Waals surface area (Å²) in [5.41, 5.74) is 1.04. The maximum atomic E-state index is 12.4. The minimum absolute atomic E-state index is 0.160. The maximum absolute atomic E-state index is 12.4. The molecule has 1 aromatic carbocycles. The van der Waals surface area contributed by atoms with Crippen LogP contribution < -0.4 is 9.47 Å². The second-order valence-corrected chi connectivity index (χ2v) is 5.85. The molecule has 2 atom stereocenters. The second-order valence-electron chi connectivity index (χ2n) is 5.85. The number of rotatable bonds is 7. The van der Waals surface area contributed by atoms with Crippen LogP contribution in [0.3, 0.4) is 0 Å². The minimum atomic E-state index is -0.409. The zero-order valence-corrected chi connectivity index (χ0v) is 13.6. The summed E-state index contributed by atoms with van der Waals surface area (Å²) in [5, 5.41) is 9.40. The molecule has 0 heterocycles. The van der Waals surface area contributed by atoms with E-state index in [-0.39, 0.29) is 17.8 Å². The molecule has 4 heteroatoms. The quantitative estimate of drug-likeness (QED) is 0.619. The molecule has 0 aliphatic rings. The summed E-state index contributed by atoms with van der Waals surface area (Å²) in [6.07, 6.45) is 0.790. The second kappa shape index (κ2) is 8.03. The summed E-state index contributed by atoms with van der Waals surface area (Å²) in [6, 6.07) is 5.46. The fourth-order valence-electron chi connectivity index (χ4n) is 2.19. The van der Waals surface area contributed by atoms with Crippen molar-refractivity contribution in [2.24, 2.45) is 11.8 Å². The standard InChI is InChI=1S/C17H26O4/c1-11(2)14(8-7-13(4)18)17(19)21-15-9-6-12(3)10-16(15)20-5/h6,9-11,13-14,18H,7-8H2,1-5H3. The van der Waals surface area contributed by atoms with E-state index < -0.39 is 6.10 Å². The van der Waals surface area contributed by atoms with Crippen LogP contribution in [0.5, 0.6) is 11.5 Å². The molecule has 0 saturated heterocycles. The third kappa shape index (κ3) is 5.38. The summed E-state index contributed by atoms with van der Waals surface area (Å²) < 4.78 is 10.7. The van der Waals surface area contributed by atoms with E-state index in [0.717, 1.165) is 5.56 Å². The highest BCUT2D eigenvalue weighted by Gasteiger charge is 2.25. The Kier molecular flexibility index (Phi) is 6.69. The molecule has 0 spiro atoms. The number of methoxy groups -OCH3 is 1. The average Bonchev–Trinajstić information content (AvgIpc) is 2.40. The molecule has 4 nitrogen and oxygen atoms in total. The van der Waals surface area contributed by atoms with Gasteiger partial charge < -0.3 is 14.6 Å². The Hall–Kier alpha value is -1.55. The third-order valence-electron chi connectivity index (χ3n) is 3.53. The van der Waals surface area contributed by atoms with Gasteiger partial charge in [0.25, 0.3) is 0 Å². The van der Waals surface area contributed by atoms with Gasteiger partial charge in [0.15, 0.2) is 11.5 Å². The predicted molar refractivity (Wildman–Crippen MR) is 82.6 cm³/mol. The van der Waals surface area contributed by atoms with Gasteiger partial charge in [0.2, 0.25) is 0 Å². The van der Waals surface area contributed by atoms with Crippen molar-refractivity contribution in [3.05, 3.63) is 23.8 Å². The van der Waals surface area contributed by atoms with Crippen molar-refractivity contribution < 1.29 is 19.4 Å². The lowest BCUT2D eigenvalue weighted by Crippen LogP contribution is -2.26. The van der Waals surface area contributed by atoms with Gasteiger partial charge in [-0.15, -0.1) is 0 Å². The molecule has 0 aliphatic carbocycles. The molecule has 0 amide bonds. The Morgan fingerprint density at radius 3 is 2.38 bits per heavy atom. The van der Waals surface area contributed by atoms with Crippen LogP contribution in [0.15, 0.2) is 18.2 Å². The molecule has 21 heavy (non-hydrogen) atoms. The van der Waals surface area contributed by atoms with Crippen LogP contribution in [0.1, 0.15) is 39.2 Å². The number of benzene rings is 1. The van der Waals surface area contributed by atoms with Crippen molar-refractivity contribution in [2.45, 2.75) is 46.6 Å². The van der Waals surface area contributed by atoms with Gasteiger partial charge in [-0.3, -0.25) is 4.79 Å². The monoisotopic (exact) mass is 294 g/mol. The molecule has 0 aliphatic heterocycles. The minimum Gasteiger partial charge on any atom is -0.493 e. The molecule has 1 N–H and O–H groups in total. The molecule has 0 bridgehead atoms. The summed E-state index contributed by atoms with van der Waals surface area (Å²) in [6.45, 7) is 7.65. The molecular weight excluding hydrogens is 268 g/mol. The normalized spacial score (nSPS) is 13.9. The number of aliphatic hydroxyl groups excluding tert-OH is 1. The first kappa shape index (κ1) is 17.5. The van der Waals surface area contributed by atoms with Gasteiger partial charge in [-0.2, -0.15) is 0 Å². The number of ether oxygens (including phenoxy) is 2. The number of carbonyl (C=O) groups excluding carboxylic acids is 1. The van der Waals surface area contributed by atoms with Gasteiger partial charge in [-0.25, -0.2) is 0 Å². The highest BCUT2D eigenvalue weighted by atomic mass is 16.6. The summed E-state index contributed by atoms with van der Waals surface area (Å²) in [7, 11) is 1.56. The number of carbonyl (C=O) groups is 1. The SMILES string of the molecule is COc1cc(C)ccc1OC(=O)C(CCC(C)O)C(C)C. The van der Waals surface area contributed by atoms with E-state index in [4.69, 9.17) is 9.47 Å². The Morgan fingerprint density at radius 2 is 1.86 bits per heavy atom. The number of hydrogen-bond acceptors (Lipinski definition) is 4. The van der Waals surface area contributed by atoms with E-state index in [2.05, 4.69) is 0 Å². The van der Waals surface area contributed by atoms with E-state index in [9.17, 15) is 9.90 Å². The average molecular weight is 294 g/mol. The lowest BCUT2D eigenvalue weighted by atomic mass is 9.90. The van der Waals surface area contributed by atoms with Crippen molar-refractivity contribution in [3.63, 3.8) is 0 Å². The Balaban J connectivity index is 2.81. The molecular formula is C17H26O4. The fraction of sp³-hybridized carbons (Fsp3) is 0.588. The van der Waals surface area contributed by atoms with Crippen LogP contribution >= 0.6 is 0 Å². The summed E-state index contributed by atoms with van der Waals surface area (Å²) in [5.74, 6) is 0.656. The van der Waals surface area contributed by atoms with Crippen molar-refractivity contribution in [3.8, 4) is 11.5 Å². The van der Waals surface area contributed by atoms with Gasteiger partial charge in [0.1, 0.15) is 0 Å². The molecule has 118 valence electrons. The van der Waals surface area contributed by atoms with Crippen LogP contribution in [0.2, 0.25) is 0 Å². The summed E-state index contributed by atoms with van der Waals surface area (Å²) >= 11 is 0. The van der Waals surface area contributed by atoms with E-state index >= 15 is 0 Å². The van der Waals surface area contributed by atoms with Gasteiger partial charge in [-0.05, 0) is 50.3 Å². The highest BCUT2D eigenvalue weighted by Crippen LogP contribution is 2.30. The molecule has 0 radical (unpaired) electrons. The van der Waals surface area contributed by atoms with E-state index in [1.54, 1.807) is 20.1 Å². The van der Waals surface area contributed by atoms with Gasteiger partial charge in [0.05, 0.1) is 19.1 Å². The molecule has 0 aromatic heterocycles. The Morgan fingerprint density at radius 1 is 1.19 bits per heavy atom. The number of esters is 1. The highest BCUT2D eigenvalue weighted by molar-refractivity contribution is 5.76. The van der Waals surface area contributed by atoms with Crippen molar-refractivity contribution >= 4 is 5.97 Å². The van der Waals surface area contributed by atoms with Gasteiger partial charge >= 0.3 is 5.97 Å². The zero-order valence-electron chi connectivity index (χ0n) is 13.6. The first-order chi connectivity index (χ1) is 9.85. The fourth-order valence-corrected chi connectivity index (χ4v) is 2.19. The van der Waals surface area contributed by atoms with Gasteiger partial charge in [-0.1, -0.05) is 19.9 Å². The van der Waals surface area contributed by atoms with Gasteiger partial charge in [0, 0.05) is 0 Å². The third-order valence-corrected chi connectivity index (χ3v) is 3.53. The van der Waals surface area contributed by atoms with Crippen LogP contribution in [0.4, 0.5) is 0 Å². The van der Waals surface area contributed by atoms with E-state index in [0.29, 0.717) is 24.3 Å². The van der Waals surface area contributed by atoms with Crippen molar-refractivity contribution in [2.75, 3.05) is 7.11 Å². The smallest absolute Gasteiger partial charge is 0.314 e. The molecule has 2 unspecified atom stereocenters. The maximum Gasteiger partial charge on any atom is 0.314 e. The Labute approximate surface area is 127 Å². The summed E-state index contributed by atoms with van der Waals surface area (Å²) in [4.78, 5) is 12.4. The van der Waals surface area contributed by atoms with E-state index in [1.165, 1.54) is 0 Å². The largest absolute Gasteiger partial charge is 0.493 e. The number of hydrogen-bond donors (Lipinski definition) is 1. The van der Waals surface area contributed by atoms with E-state index in [1.807, 2.05) is 32.9 Å².